The van der Waals surface area contributed by atoms with Crippen LogP contribution in [0.2, 0.25) is 0 Å². The van der Waals surface area contributed by atoms with E-state index in [-0.39, 0.29) is 0 Å². The largest absolute Gasteiger partial charge is 0.494 e. The molecule has 2 heteroatoms. The SMILES string of the molecule is CCCCCCCCCCc1ccc2nc(-c3ccc(OCCCCC)cc3)ccc2c1. The number of pyridine rings is 1. The lowest BCUT2D eigenvalue weighted by molar-refractivity contribution is 0.306. The van der Waals surface area contributed by atoms with Crippen molar-refractivity contribution in [3.8, 4) is 17.0 Å². The predicted octanol–water partition coefficient (Wildman–Crippen LogP) is 9.15. The summed E-state index contributed by atoms with van der Waals surface area (Å²) in [6.07, 6.45) is 15.7. The third-order valence-electron chi connectivity index (χ3n) is 6.24. The van der Waals surface area contributed by atoms with Gasteiger partial charge in [-0.2, -0.15) is 0 Å². The number of hydrogen-bond acceptors (Lipinski definition) is 2. The highest BCUT2D eigenvalue weighted by molar-refractivity contribution is 5.82. The van der Waals surface area contributed by atoms with Crippen LogP contribution in [0, 0.1) is 0 Å². The van der Waals surface area contributed by atoms with Crippen molar-refractivity contribution in [3.05, 3.63) is 60.2 Å². The normalized spacial score (nSPS) is 11.2. The Hall–Kier alpha value is -2.35. The van der Waals surface area contributed by atoms with Gasteiger partial charge in [-0.1, -0.05) is 83.8 Å². The zero-order chi connectivity index (χ0) is 22.4. The quantitative estimate of drug-likeness (QED) is 0.224. The maximum absolute atomic E-state index is 5.83. The molecular formula is C30H41NO. The van der Waals surface area contributed by atoms with Crippen LogP contribution in [-0.2, 0) is 6.42 Å². The fourth-order valence-corrected chi connectivity index (χ4v) is 4.22. The van der Waals surface area contributed by atoms with Crippen LogP contribution in [0.15, 0.2) is 54.6 Å². The topological polar surface area (TPSA) is 22.1 Å². The molecule has 0 aliphatic carbocycles. The number of benzene rings is 2. The molecule has 32 heavy (non-hydrogen) atoms. The molecule has 0 aliphatic heterocycles. The number of ether oxygens (including phenoxy) is 1. The summed E-state index contributed by atoms with van der Waals surface area (Å²) < 4.78 is 5.83. The van der Waals surface area contributed by atoms with Gasteiger partial charge in [-0.3, -0.25) is 0 Å². The molecule has 2 aromatic carbocycles. The molecule has 0 aliphatic rings. The predicted molar refractivity (Wildman–Crippen MR) is 139 cm³/mol. The molecule has 172 valence electrons. The van der Waals surface area contributed by atoms with Crippen LogP contribution in [0.4, 0.5) is 0 Å². The highest BCUT2D eigenvalue weighted by Gasteiger charge is 2.04. The number of fused-ring (bicyclic) bond motifs is 1. The minimum absolute atomic E-state index is 0.794. The van der Waals surface area contributed by atoms with E-state index in [1.54, 1.807) is 0 Å². The van der Waals surface area contributed by atoms with E-state index in [1.807, 2.05) is 0 Å². The Bertz CT molecular complexity index is 916. The van der Waals surface area contributed by atoms with Crippen LogP contribution in [0.5, 0.6) is 5.75 Å². The minimum atomic E-state index is 0.794. The Labute approximate surface area is 195 Å². The van der Waals surface area contributed by atoms with E-state index in [0.717, 1.165) is 35.6 Å². The number of nitrogens with zero attached hydrogens (tertiary/aromatic N) is 1. The van der Waals surface area contributed by atoms with E-state index in [4.69, 9.17) is 9.72 Å². The van der Waals surface area contributed by atoms with Crippen molar-refractivity contribution >= 4 is 10.9 Å². The monoisotopic (exact) mass is 431 g/mol. The van der Waals surface area contributed by atoms with Crippen LogP contribution in [0.3, 0.4) is 0 Å². The third kappa shape index (κ3) is 7.97. The molecule has 0 N–H and O–H groups in total. The zero-order valence-corrected chi connectivity index (χ0v) is 20.2. The van der Waals surface area contributed by atoms with Crippen LogP contribution >= 0.6 is 0 Å². The molecule has 3 rings (SSSR count). The van der Waals surface area contributed by atoms with Gasteiger partial charge in [0.25, 0.3) is 0 Å². The van der Waals surface area contributed by atoms with E-state index < -0.39 is 0 Å². The molecule has 0 atom stereocenters. The third-order valence-corrected chi connectivity index (χ3v) is 6.24. The second-order valence-electron chi connectivity index (χ2n) is 9.03. The van der Waals surface area contributed by atoms with Crippen molar-refractivity contribution in [3.63, 3.8) is 0 Å². The Kier molecular flexibility index (Phi) is 10.6. The average molecular weight is 432 g/mol. The number of rotatable bonds is 15. The Balaban J connectivity index is 1.50. The van der Waals surface area contributed by atoms with E-state index in [9.17, 15) is 0 Å². The molecule has 0 saturated carbocycles. The summed E-state index contributed by atoms with van der Waals surface area (Å²) in [5.74, 6) is 0.941. The molecule has 1 heterocycles. The summed E-state index contributed by atoms with van der Waals surface area (Å²) in [5, 5.41) is 1.24. The number of hydrogen-bond donors (Lipinski definition) is 0. The molecule has 2 nitrogen and oxygen atoms in total. The Morgan fingerprint density at radius 3 is 2.09 bits per heavy atom. The smallest absolute Gasteiger partial charge is 0.119 e. The van der Waals surface area contributed by atoms with Gasteiger partial charge in [0, 0.05) is 10.9 Å². The first-order valence-corrected chi connectivity index (χ1v) is 12.9. The lowest BCUT2D eigenvalue weighted by Crippen LogP contribution is -1.96. The summed E-state index contributed by atoms with van der Waals surface area (Å²) in [6.45, 7) is 5.29. The molecule has 0 unspecified atom stereocenters. The van der Waals surface area contributed by atoms with Crippen molar-refractivity contribution in [1.29, 1.82) is 0 Å². The Morgan fingerprint density at radius 1 is 0.656 bits per heavy atom. The summed E-state index contributed by atoms with van der Waals surface area (Å²) >= 11 is 0. The maximum atomic E-state index is 5.83. The summed E-state index contributed by atoms with van der Waals surface area (Å²) in [7, 11) is 0. The van der Waals surface area contributed by atoms with Gasteiger partial charge in [0.05, 0.1) is 17.8 Å². The van der Waals surface area contributed by atoms with Crippen LogP contribution < -0.4 is 4.74 Å². The molecule has 0 radical (unpaired) electrons. The van der Waals surface area contributed by atoms with Crippen LogP contribution in [0.25, 0.3) is 22.2 Å². The van der Waals surface area contributed by atoms with Gasteiger partial charge in [-0.05, 0) is 67.3 Å². The summed E-state index contributed by atoms with van der Waals surface area (Å²) in [6, 6.07) is 19.4. The first-order chi connectivity index (χ1) is 15.8. The molecular weight excluding hydrogens is 390 g/mol. The lowest BCUT2D eigenvalue weighted by atomic mass is 10.0. The second kappa shape index (κ2) is 13.9. The molecule has 3 aromatic rings. The van der Waals surface area contributed by atoms with Gasteiger partial charge in [-0.15, -0.1) is 0 Å². The van der Waals surface area contributed by atoms with Gasteiger partial charge >= 0.3 is 0 Å². The van der Waals surface area contributed by atoms with E-state index >= 15 is 0 Å². The highest BCUT2D eigenvalue weighted by atomic mass is 16.5. The molecule has 0 amide bonds. The fraction of sp³-hybridized carbons (Fsp3) is 0.500. The minimum Gasteiger partial charge on any atom is -0.494 e. The molecule has 0 fully saturated rings. The number of aryl methyl sites for hydroxylation is 1. The van der Waals surface area contributed by atoms with Crippen molar-refractivity contribution in [2.24, 2.45) is 0 Å². The van der Waals surface area contributed by atoms with E-state index in [1.165, 1.54) is 81.6 Å². The summed E-state index contributed by atoms with van der Waals surface area (Å²) in [4.78, 5) is 4.91. The second-order valence-corrected chi connectivity index (χ2v) is 9.03. The van der Waals surface area contributed by atoms with Gasteiger partial charge < -0.3 is 4.74 Å². The van der Waals surface area contributed by atoms with Crippen molar-refractivity contribution in [2.45, 2.75) is 90.9 Å². The van der Waals surface area contributed by atoms with Crippen molar-refractivity contribution < 1.29 is 4.74 Å². The number of unbranched alkanes of at least 4 members (excludes halogenated alkanes) is 9. The fourth-order valence-electron chi connectivity index (χ4n) is 4.22. The van der Waals surface area contributed by atoms with Crippen molar-refractivity contribution in [2.75, 3.05) is 6.61 Å². The van der Waals surface area contributed by atoms with Crippen LogP contribution in [-0.4, -0.2) is 11.6 Å². The Morgan fingerprint density at radius 2 is 1.34 bits per heavy atom. The standard InChI is InChI=1S/C30H41NO/c1-3-5-7-8-9-10-11-12-14-25-15-21-30-27(24-25)18-22-29(31-30)26-16-19-28(20-17-26)32-23-13-6-4-2/h15-22,24H,3-14,23H2,1-2H3. The average Bonchev–Trinajstić information content (AvgIpc) is 2.83. The molecule has 0 saturated heterocycles. The number of aromatic nitrogens is 1. The highest BCUT2D eigenvalue weighted by Crippen LogP contribution is 2.24. The van der Waals surface area contributed by atoms with Gasteiger partial charge in [0.2, 0.25) is 0 Å². The lowest BCUT2D eigenvalue weighted by Gasteiger charge is -2.08. The zero-order valence-electron chi connectivity index (χ0n) is 20.2. The molecule has 1 aromatic heterocycles. The van der Waals surface area contributed by atoms with Crippen molar-refractivity contribution in [1.82, 2.24) is 4.98 Å². The van der Waals surface area contributed by atoms with Gasteiger partial charge in [0.1, 0.15) is 5.75 Å². The summed E-state index contributed by atoms with van der Waals surface area (Å²) in [5.41, 5.74) is 4.66. The van der Waals surface area contributed by atoms with Gasteiger partial charge in [0.15, 0.2) is 0 Å². The van der Waals surface area contributed by atoms with E-state index in [0.29, 0.717) is 0 Å². The molecule has 0 bridgehead atoms. The van der Waals surface area contributed by atoms with Gasteiger partial charge in [-0.25, -0.2) is 4.98 Å². The first-order valence-electron chi connectivity index (χ1n) is 12.9. The maximum Gasteiger partial charge on any atom is 0.119 e. The van der Waals surface area contributed by atoms with E-state index in [2.05, 4.69) is 68.4 Å². The first kappa shape index (κ1) is 24.3. The van der Waals surface area contributed by atoms with Crippen LogP contribution in [0.1, 0.15) is 90.0 Å². The molecule has 0 spiro atoms.